The molecule has 19 nitrogen and oxygen atoms in total. The van der Waals surface area contributed by atoms with Gasteiger partial charge in [-0.05, 0) is 45.2 Å². The van der Waals surface area contributed by atoms with Crippen LogP contribution in [-0.2, 0) is 38.4 Å². The predicted molar refractivity (Wildman–Crippen MR) is 180 cm³/mol. The van der Waals surface area contributed by atoms with Gasteiger partial charge in [-0.3, -0.25) is 38.4 Å². The molecule has 0 aliphatic carbocycles. The average Bonchev–Trinajstić information content (AvgIpc) is 3.05. The lowest BCUT2D eigenvalue weighted by molar-refractivity contribution is -0.140. The second-order valence-electron chi connectivity index (χ2n) is 10.5. The highest BCUT2D eigenvalue weighted by Gasteiger charge is 2.22. The van der Waals surface area contributed by atoms with Crippen LogP contribution in [0.4, 0.5) is 0 Å². The van der Waals surface area contributed by atoms with Crippen molar-refractivity contribution in [3.8, 4) is 0 Å². The third-order valence-corrected chi connectivity index (χ3v) is 7.20. The van der Waals surface area contributed by atoms with Crippen molar-refractivity contribution < 1.29 is 48.6 Å². The first-order valence-corrected chi connectivity index (χ1v) is 16.5. The summed E-state index contributed by atoms with van der Waals surface area (Å²) in [6.45, 7) is 1.41. The van der Waals surface area contributed by atoms with E-state index in [9.17, 15) is 38.4 Å². The number of nitrogens with two attached hydrogens (primary N) is 2. The molecule has 4 atom stereocenters. The molecule has 0 aliphatic heterocycles. The largest absolute Gasteiger partial charge is 0.480 e. The van der Waals surface area contributed by atoms with E-state index in [1.54, 1.807) is 0 Å². The smallest absolute Gasteiger partial charge is 0.320 e. The Morgan fingerprint density at radius 1 is 0.542 bits per heavy atom. The fourth-order valence-corrected chi connectivity index (χ4v) is 4.13. The van der Waals surface area contributed by atoms with Gasteiger partial charge in [0.1, 0.15) is 24.2 Å². The Morgan fingerprint density at radius 3 is 1.31 bits per heavy atom. The van der Waals surface area contributed by atoms with E-state index >= 15 is 0 Å². The third-order valence-electron chi connectivity index (χ3n) is 6.47. The van der Waals surface area contributed by atoms with Gasteiger partial charge in [-0.1, -0.05) is 0 Å². The van der Waals surface area contributed by atoms with Crippen molar-refractivity contribution in [2.45, 2.75) is 69.1 Å². The highest BCUT2D eigenvalue weighted by molar-refractivity contribution is 7.80. The Bertz CT molecular complexity index is 1000. The number of rotatable bonds is 27. The van der Waals surface area contributed by atoms with Crippen molar-refractivity contribution in [1.29, 1.82) is 0 Å². The first kappa shape index (κ1) is 44.3. The number of carboxylic acid groups (broad SMARTS) is 2. The normalized spacial score (nSPS) is 13.2. The molecular formula is C27H49N9O10S2. The number of carbonyl (C=O) groups excluding carboxylic acids is 6. The lowest BCUT2D eigenvalue weighted by Gasteiger charge is -2.17. The average molecular weight is 724 g/mol. The van der Waals surface area contributed by atoms with E-state index in [4.69, 9.17) is 21.7 Å². The van der Waals surface area contributed by atoms with Crippen molar-refractivity contribution in [3.63, 3.8) is 0 Å². The minimum absolute atomic E-state index is 0.0292. The van der Waals surface area contributed by atoms with Gasteiger partial charge in [0.15, 0.2) is 0 Å². The van der Waals surface area contributed by atoms with E-state index in [0.29, 0.717) is 39.0 Å². The summed E-state index contributed by atoms with van der Waals surface area (Å²) in [5, 5.41) is 35.7. The maximum atomic E-state index is 12.2. The van der Waals surface area contributed by atoms with Gasteiger partial charge in [-0.15, -0.1) is 0 Å². The number of aliphatic carboxylic acids is 2. The Morgan fingerprint density at radius 2 is 0.917 bits per heavy atom. The lowest BCUT2D eigenvalue weighted by atomic mass is 10.1. The summed E-state index contributed by atoms with van der Waals surface area (Å²) in [4.78, 5) is 93.8. The van der Waals surface area contributed by atoms with Crippen LogP contribution in [0.25, 0.3) is 0 Å². The molecule has 0 aromatic carbocycles. The van der Waals surface area contributed by atoms with Gasteiger partial charge in [0.05, 0.1) is 13.1 Å². The zero-order chi connectivity index (χ0) is 36.5. The molecule has 274 valence electrons. The second kappa shape index (κ2) is 26.3. The van der Waals surface area contributed by atoms with Gasteiger partial charge < -0.3 is 58.9 Å². The molecule has 21 heteroatoms. The molecule has 13 N–H and O–H groups in total. The summed E-state index contributed by atoms with van der Waals surface area (Å²) in [6, 6.07) is -4.39. The van der Waals surface area contributed by atoms with Gasteiger partial charge in [-0.2, -0.15) is 25.3 Å². The number of amides is 6. The topological polar surface area (TPSA) is 313 Å². The van der Waals surface area contributed by atoms with Gasteiger partial charge in [0, 0.05) is 37.4 Å². The van der Waals surface area contributed by atoms with Gasteiger partial charge >= 0.3 is 11.9 Å². The zero-order valence-electron chi connectivity index (χ0n) is 26.6. The molecule has 0 heterocycles. The highest BCUT2D eigenvalue weighted by atomic mass is 32.1. The molecule has 0 saturated carbocycles. The van der Waals surface area contributed by atoms with E-state index in [2.05, 4.69) is 62.5 Å². The Labute approximate surface area is 289 Å². The SMILES string of the molecule is N[C@@H](CCC(=O)NC(CS)C(=O)NCC(=O)NCCCCNCCCNC(=O)CNC(=O)[C@H](CS)NC(=O)CC[C@H](N)C(=O)O)C(=O)O. The lowest BCUT2D eigenvalue weighted by Crippen LogP contribution is -2.50. The highest BCUT2D eigenvalue weighted by Crippen LogP contribution is 1.99. The van der Waals surface area contributed by atoms with Crippen LogP contribution < -0.4 is 48.7 Å². The van der Waals surface area contributed by atoms with Gasteiger partial charge in [0.25, 0.3) is 0 Å². The predicted octanol–water partition coefficient (Wildman–Crippen LogP) is -4.58. The van der Waals surface area contributed by atoms with Crippen molar-refractivity contribution in [2.24, 2.45) is 11.5 Å². The van der Waals surface area contributed by atoms with Crippen molar-refractivity contribution in [2.75, 3.05) is 50.8 Å². The summed E-state index contributed by atoms with van der Waals surface area (Å²) in [6.07, 6.45) is 1.48. The molecule has 0 radical (unpaired) electrons. The monoisotopic (exact) mass is 723 g/mol. The van der Waals surface area contributed by atoms with Crippen LogP contribution in [0.1, 0.15) is 44.9 Å². The number of hydrogen-bond donors (Lipinski definition) is 13. The minimum atomic E-state index is -1.23. The fraction of sp³-hybridized carbons (Fsp3) is 0.704. The number of unbranched alkanes of at least 4 members (excludes halogenated alkanes) is 1. The van der Waals surface area contributed by atoms with Crippen LogP contribution in [0.15, 0.2) is 0 Å². The Balaban J connectivity index is 3.95. The number of hydrogen-bond acceptors (Lipinski definition) is 13. The Hall–Kier alpha value is -3.66. The zero-order valence-corrected chi connectivity index (χ0v) is 28.4. The molecule has 6 amide bonds. The van der Waals surface area contributed by atoms with E-state index in [0.717, 1.165) is 6.42 Å². The molecule has 0 saturated heterocycles. The molecule has 0 bridgehead atoms. The second-order valence-corrected chi connectivity index (χ2v) is 11.2. The summed E-state index contributed by atoms with van der Waals surface area (Å²) >= 11 is 8.05. The maximum absolute atomic E-state index is 12.2. The molecular weight excluding hydrogens is 674 g/mol. The van der Waals surface area contributed by atoms with Crippen LogP contribution in [0.5, 0.6) is 0 Å². The first-order valence-electron chi connectivity index (χ1n) is 15.3. The van der Waals surface area contributed by atoms with Gasteiger partial charge in [-0.25, -0.2) is 0 Å². The van der Waals surface area contributed by atoms with E-state index < -0.39 is 71.5 Å². The number of carboxylic acids is 2. The quantitative estimate of drug-likeness (QED) is 0.0281. The standard InChI is InChI=1S/C27H49N9O10S2/c28-16(26(43)44)4-6-20(37)35-18(14-47)24(41)33-12-22(39)31-10-2-1-8-30-9-3-11-32-23(40)13-34-25(42)19(15-48)36-21(38)7-5-17(29)27(45)46/h16-19,30,47-48H,1-15,28-29H2,(H,31,39)(H,32,40)(H,33,41)(H,34,42)(H,35,37)(H,36,38)(H,43,44)(H,45,46)/t16-,17-,18?,19-/m0/s1. The van der Waals surface area contributed by atoms with Crippen molar-refractivity contribution >= 4 is 72.6 Å². The van der Waals surface area contributed by atoms with E-state index in [-0.39, 0.29) is 50.3 Å². The maximum Gasteiger partial charge on any atom is 0.320 e. The number of nitrogens with one attached hydrogen (secondary N) is 7. The summed E-state index contributed by atoms with van der Waals surface area (Å²) in [5.41, 5.74) is 10.7. The number of carbonyl (C=O) groups is 8. The molecule has 0 aromatic rings. The molecule has 0 spiro atoms. The first-order chi connectivity index (χ1) is 22.7. The Kier molecular flexibility index (Phi) is 24.3. The van der Waals surface area contributed by atoms with Crippen molar-refractivity contribution in [3.05, 3.63) is 0 Å². The van der Waals surface area contributed by atoms with Crippen LogP contribution in [-0.4, -0.2) is 133 Å². The molecule has 0 rings (SSSR count). The summed E-state index contributed by atoms with van der Waals surface area (Å²) in [7, 11) is 0. The number of thiol groups is 2. The third kappa shape index (κ3) is 22.0. The van der Waals surface area contributed by atoms with E-state index in [1.165, 1.54) is 0 Å². The summed E-state index contributed by atoms with van der Waals surface area (Å²) in [5.74, 6) is -5.70. The van der Waals surface area contributed by atoms with Gasteiger partial charge in [0.2, 0.25) is 35.4 Å². The van der Waals surface area contributed by atoms with Crippen LogP contribution in [0.2, 0.25) is 0 Å². The van der Waals surface area contributed by atoms with E-state index in [1.807, 2.05) is 0 Å². The molecule has 48 heavy (non-hydrogen) atoms. The summed E-state index contributed by atoms with van der Waals surface area (Å²) < 4.78 is 0. The molecule has 1 unspecified atom stereocenters. The molecule has 0 aliphatic rings. The van der Waals surface area contributed by atoms with Crippen LogP contribution >= 0.6 is 25.3 Å². The van der Waals surface area contributed by atoms with Crippen molar-refractivity contribution in [1.82, 2.24) is 37.2 Å². The molecule has 0 fully saturated rings. The minimum Gasteiger partial charge on any atom is -0.480 e. The van der Waals surface area contributed by atoms with Crippen LogP contribution in [0.3, 0.4) is 0 Å². The fourth-order valence-electron chi connectivity index (χ4n) is 3.62. The van der Waals surface area contributed by atoms with Crippen LogP contribution in [0, 0.1) is 0 Å². The molecule has 0 aromatic heterocycles.